The summed E-state index contributed by atoms with van der Waals surface area (Å²) in [6, 6.07) is 0. The van der Waals surface area contributed by atoms with Gasteiger partial charge in [-0.2, -0.15) is 13.2 Å². The Hall–Kier alpha value is -1.11. The van der Waals surface area contributed by atoms with Crippen molar-refractivity contribution in [3.05, 3.63) is 11.6 Å². The van der Waals surface area contributed by atoms with Crippen LogP contribution in [0.25, 0.3) is 0 Å². The van der Waals surface area contributed by atoms with Crippen LogP contribution < -0.4 is 0 Å². The first-order chi connectivity index (χ1) is 8.99. The lowest BCUT2D eigenvalue weighted by Crippen LogP contribution is -2.33. The van der Waals surface area contributed by atoms with Crippen molar-refractivity contribution in [2.45, 2.75) is 57.9 Å². The lowest BCUT2D eigenvalue weighted by atomic mass is 9.78. The molecule has 2 unspecified atom stereocenters. The molecule has 0 radical (unpaired) electrons. The molecule has 7 heteroatoms. The summed E-state index contributed by atoms with van der Waals surface area (Å²) in [4.78, 5) is 0. The van der Waals surface area contributed by atoms with Crippen LogP contribution in [0.4, 0.5) is 13.2 Å². The molecule has 1 aliphatic rings. The van der Waals surface area contributed by atoms with Gasteiger partial charge in [0.05, 0.1) is 5.92 Å². The Bertz CT molecular complexity index is 430. The zero-order valence-electron chi connectivity index (χ0n) is 10.8. The zero-order valence-corrected chi connectivity index (χ0v) is 10.8. The first-order valence-electron chi connectivity index (χ1n) is 6.58. The van der Waals surface area contributed by atoms with Crippen molar-refractivity contribution in [2.24, 2.45) is 5.92 Å². The molecule has 19 heavy (non-hydrogen) atoms. The average Bonchev–Trinajstić information content (AvgIpc) is 2.80. The Morgan fingerprint density at radius 1 is 1.26 bits per heavy atom. The summed E-state index contributed by atoms with van der Waals surface area (Å²) in [5, 5.41) is 16.8. The van der Waals surface area contributed by atoms with Crippen LogP contribution in [-0.4, -0.2) is 26.0 Å². The fraction of sp³-hybridized carbons (Fsp3) is 0.833. The molecule has 1 saturated carbocycles. The van der Waals surface area contributed by atoms with E-state index in [1.807, 2.05) is 6.92 Å². The average molecular weight is 277 g/mol. The number of aliphatic hydroxyl groups is 1. The largest absolute Gasteiger partial charge is 0.392 e. The lowest BCUT2D eigenvalue weighted by molar-refractivity contribution is -0.188. The second-order valence-electron chi connectivity index (χ2n) is 4.92. The van der Waals surface area contributed by atoms with Gasteiger partial charge in [-0.15, -0.1) is 10.2 Å². The molecule has 4 nitrogen and oxygen atoms in total. The quantitative estimate of drug-likeness (QED) is 0.924. The Labute approximate surface area is 109 Å². The van der Waals surface area contributed by atoms with E-state index in [1.54, 1.807) is 4.57 Å². The van der Waals surface area contributed by atoms with Gasteiger partial charge in [-0.25, -0.2) is 0 Å². The number of aromatic nitrogens is 3. The topological polar surface area (TPSA) is 50.9 Å². The van der Waals surface area contributed by atoms with Gasteiger partial charge in [-0.05, 0) is 19.8 Å². The molecule has 0 bridgehead atoms. The monoisotopic (exact) mass is 277 g/mol. The van der Waals surface area contributed by atoms with E-state index in [1.165, 1.54) is 0 Å². The summed E-state index contributed by atoms with van der Waals surface area (Å²) < 4.78 is 40.9. The van der Waals surface area contributed by atoms with Crippen LogP contribution in [-0.2, 0) is 13.2 Å². The predicted molar refractivity (Wildman–Crippen MR) is 62.4 cm³/mol. The van der Waals surface area contributed by atoms with E-state index < -0.39 is 18.0 Å². The Morgan fingerprint density at radius 2 is 1.95 bits per heavy atom. The minimum Gasteiger partial charge on any atom is -0.388 e. The molecule has 1 fully saturated rings. The number of alkyl halides is 3. The SMILES string of the molecule is CCn1c(CO)nnc1C1CCCCC1C(F)(F)F. The Morgan fingerprint density at radius 3 is 2.53 bits per heavy atom. The lowest BCUT2D eigenvalue weighted by Gasteiger charge is -2.32. The van der Waals surface area contributed by atoms with Crippen molar-refractivity contribution in [1.29, 1.82) is 0 Å². The van der Waals surface area contributed by atoms with E-state index >= 15 is 0 Å². The van der Waals surface area contributed by atoms with Gasteiger partial charge >= 0.3 is 6.18 Å². The molecule has 1 N–H and O–H groups in total. The molecule has 0 aliphatic heterocycles. The molecule has 108 valence electrons. The maximum atomic E-state index is 13.1. The molecule has 0 amide bonds. The molecular formula is C12H18F3N3O. The second-order valence-corrected chi connectivity index (χ2v) is 4.92. The van der Waals surface area contributed by atoms with Crippen LogP contribution in [0.2, 0.25) is 0 Å². The second kappa shape index (κ2) is 5.48. The van der Waals surface area contributed by atoms with Crippen LogP contribution in [0.1, 0.15) is 50.2 Å². The summed E-state index contributed by atoms with van der Waals surface area (Å²) >= 11 is 0. The first-order valence-corrected chi connectivity index (χ1v) is 6.58. The van der Waals surface area contributed by atoms with Crippen LogP contribution in [0.3, 0.4) is 0 Å². The number of halogens is 3. The summed E-state index contributed by atoms with van der Waals surface area (Å²) in [5.41, 5.74) is 0. The highest BCUT2D eigenvalue weighted by Crippen LogP contribution is 2.45. The van der Waals surface area contributed by atoms with E-state index in [4.69, 9.17) is 5.11 Å². The smallest absolute Gasteiger partial charge is 0.388 e. The van der Waals surface area contributed by atoms with Gasteiger partial charge in [0.1, 0.15) is 12.4 Å². The normalized spacial score (nSPS) is 24.7. The van der Waals surface area contributed by atoms with Gasteiger partial charge in [-0.3, -0.25) is 0 Å². The molecular weight excluding hydrogens is 259 g/mol. The van der Waals surface area contributed by atoms with Crippen LogP contribution in [0.15, 0.2) is 0 Å². The summed E-state index contributed by atoms with van der Waals surface area (Å²) in [6.45, 7) is 1.99. The highest BCUT2D eigenvalue weighted by atomic mass is 19.4. The van der Waals surface area contributed by atoms with E-state index in [9.17, 15) is 13.2 Å². The maximum absolute atomic E-state index is 13.1. The highest BCUT2D eigenvalue weighted by Gasteiger charge is 2.47. The predicted octanol–water partition coefficient (Wildman–Crippen LogP) is 2.63. The zero-order chi connectivity index (χ0) is 14.0. The standard InChI is InChI=1S/C12H18F3N3O/c1-2-18-10(7-19)16-17-11(18)8-5-3-4-6-9(8)12(13,14)15/h8-9,19H,2-7H2,1H3. The molecule has 0 aromatic carbocycles. The van der Waals surface area contributed by atoms with Gasteiger partial charge < -0.3 is 9.67 Å². The summed E-state index contributed by atoms with van der Waals surface area (Å²) in [6.07, 6.45) is -2.18. The van der Waals surface area contributed by atoms with Crippen molar-refractivity contribution in [3.63, 3.8) is 0 Å². The molecule has 0 saturated heterocycles. The Kier molecular flexibility index (Phi) is 4.13. The van der Waals surface area contributed by atoms with Crippen LogP contribution >= 0.6 is 0 Å². The van der Waals surface area contributed by atoms with E-state index in [0.717, 1.165) is 6.42 Å². The minimum atomic E-state index is -4.20. The molecule has 0 spiro atoms. The number of hydrogen-bond donors (Lipinski definition) is 1. The molecule has 1 aliphatic carbocycles. The summed E-state index contributed by atoms with van der Waals surface area (Å²) in [7, 11) is 0. The van der Waals surface area contributed by atoms with Crippen LogP contribution in [0.5, 0.6) is 0 Å². The minimum absolute atomic E-state index is 0.152. The molecule has 2 atom stereocenters. The molecule has 2 rings (SSSR count). The fourth-order valence-corrected chi connectivity index (χ4v) is 2.92. The first kappa shape index (κ1) is 14.3. The number of hydrogen-bond acceptors (Lipinski definition) is 3. The Balaban J connectivity index is 2.35. The fourth-order valence-electron chi connectivity index (χ4n) is 2.92. The molecule has 1 aromatic rings. The van der Waals surface area contributed by atoms with Crippen molar-refractivity contribution >= 4 is 0 Å². The van der Waals surface area contributed by atoms with Crippen molar-refractivity contribution in [2.75, 3.05) is 0 Å². The van der Waals surface area contributed by atoms with Gasteiger partial charge in [0.2, 0.25) is 0 Å². The number of rotatable bonds is 3. The van der Waals surface area contributed by atoms with Crippen molar-refractivity contribution < 1.29 is 18.3 Å². The maximum Gasteiger partial charge on any atom is 0.392 e. The third-order valence-electron chi connectivity index (χ3n) is 3.83. The van der Waals surface area contributed by atoms with Gasteiger partial charge in [0, 0.05) is 12.5 Å². The summed E-state index contributed by atoms with van der Waals surface area (Å²) in [5.74, 6) is -1.28. The van der Waals surface area contributed by atoms with Gasteiger partial charge in [0.15, 0.2) is 5.82 Å². The third-order valence-corrected chi connectivity index (χ3v) is 3.83. The molecule has 1 heterocycles. The molecule has 1 aromatic heterocycles. The third kappa shape index (κ3) is 2.75. The number of nitrogens with zero attached hydrogens (tertiary/aromatic N) is 3. The highest BCUT2D eigenvalue weighted by molar-refractivity contribution is 5.06. The van der Waals surface area contributed by atoms with Crippen molar-refractivity contribution in [1.82, 2.24) is 14.8 Å². The van der Waals surface area contributed by atoms with Gasteiger partial charge in [0.25, 0.3) is 0 Å². The number of aliphatic hydroxyl groups excluding tert-OH is 1. The van der Waals surface area contributed by atoms with E-state index in [-0.39, 0.29) is 13.0 Å². The van der Waals surface area contributed by atoms with E-state index in [0.29, 0.717) is 31.0 Å². The van der Waals surface area contributed by atoms with Crippen LogP contribution in [0, 0.1) is 5.92 Å². The van der Waals surface area contributed by atoms with E-state index in [2.05, 4.69) is 10.2 Å². The van der Waals surface area contributed by atoms with Crippen molar-refractivity contribution in [3.8, 4) is 0 Å². The van der Waals surface area contributed by atoms with Gasteiger partial charge in [-0.1, -0.05) is 12.8 Å².